The number of unbranched alkanes of at least 4 members (excludes halogenated alkanes) is 1. The average Bonchev–Trinajstić information content (AvgIpc) is 2.83. The van der Waals surface area contributed by atoms with Crippen LogP contribution in [0.15, 0.2) is 18.2 Å². The fraction of sp³-hybridized carbons (Fsp3) is 0.588. The fourth-order valence-corrected chi connectivity index (χ4v) is 2.75. The summed E-state index contributed by atoms with van der Waals surface area (Å²) in [6, 6.07) is 6.07. The molecule has 2 rings (SSSR count). The normalized spacial score (nSPS) is 11.6. The molecule has 0 saturated carbocycles. The Labute approximate surface area is 129 Å². The first-order valence-corrected chi connectivity index (χ1v) is 8.16. The van der Waals surface area contributed by atoms with E-state index in [4.69, 9.17) is 12.8 Å². The second kappa shape index (κ2) is 7.65. The van der Waals surface area contributed by atoms with Gasteiger partial charge in [-0.3, -0.25) is 0 Å². The van der Waals surface area contributed by atoms with Gasteiger partial charge >= 0.3 is 0 Å². The molecule has 112 valence electrons. The van der Waals surface area contributed by atoms with Crippen LogP contribution in [-0.2, 0) is 13.0 Å². The summed E-state index contributed by atoms with van der Waals surface area (Å²) in [5.74, 6) is 1.20. The van der Waals surface area contributed by atoms with Crippen LogP contribution in [0.1, 0.15) is 39.4 Å². The Morgan fingerprint density at radius 1 is 1.19 bits per heavy atom. The van der Waals surface area contributed by atoms with E-state index in [1.807, 2.05) is 12.1 Å². The lowest BCUT2D eigenvalue weighted by Crippen LogP contribution is -2.27. The van der Waals surface area contributed by atoms with Crippen LogP contribution < -0.4 is 5.46 Å². The molecule has 0 atom stereocenters. The highest BCUT2D eigenvalue weighted by atomic mass is 15.2. The number of nitrogens with zero attached hydrogens (tertiary/aromatic N) is 3. The molecule has 0 aliphatic rings. The van der Waals surface area contributed by atoms with Crippen LogP contribution >= 0.6 is 0 Å². The topological polar surface area (TPSA) is 21.1 Å². The van der Waals surface area contributed by atoms with Gasteiger partial charge in [-0.05, 0) is 31.6 Å². The molecule has 0 saturated heterocycles. The van der Waals surface area contributed by atoms with Crippen LogP contribution in [0, 0.1) is 0 Å². The highest BCUT2D eigenvalue weighted by molar-refractivity contribution is 6.33. The summed E-state index contributed by atoms with van der Waals surface area (Å²) in [6.45, 7) is 10.9. The number of rotatable bonds is 8. The molecule has 0 unspecified atom stereocenters. The molecule has 4 heteroatoms. The first kappa shape index (κ1) is 16.1. The summed E-state index contributed by atoms with van der Waals surface area (Å²) in [4.78, 5) is 7.26. The number of hydrogen-bond donors (Lipinski definition) is 0. The maximum atomic E-state index is 5.89. The zero-order chi connectivity index (χ0) is 15.2. The number of imidazole rings is 1. The number of aryl methyl sites for hydroxylation is 1. The van der Waals surface area contributed by atoms with Gasteiger partial charge in [0.05, 0.1) is 11.0 Å². The van der Waals surface area contributed by atoms with Crippen molar-refractivity contribution in [3.63, 3.8) is 0 Å². The molecule has 0 fully saturated rings. The van der Waals surface area contributed by atoms with Crippen LogP contribution in [0.4, 0.5) is 0 Å². The summed E-state index contributed by atoms with van der Waals surface area (Å²) in [7, 11) is 5.89. The van der Waals surface area contributed by atoms with Gasteiger partial charge in [0.2, 0.25) is 0 Å². The van der Waals surface area contributed by atoms with Crippen LogP contribution in [0.2, 0.25) is 0 Å². The van der Waals surface area contributed by atoms with Gasteiger partial charge in [-0.15, -0.1) is 0 Å². The minimum Gasteiger partial charge on any atom is -0.327 e. The maximum absolute atomic E-state index is 5.89. The van der Waals surface area contributed by atoms with Gasteiger partial charge in [-0.1, -0.05) is 38.7 Å². The van der Waals surface area contributed by atoms with E-state index in [0.717, 1.165) is 43.6 Å². The number of aromatic nitrogens is 2. The Morgan fingerprint density at radius 3 is 2.62 bits per heavy atom. The third-order valence-corrected chi connectivity index (χ3v) is 4.14. The highest BCUT2D eigenvalue weighted by Crippen LogP contribution is 2.17. The van der Waals surface area contributed by atoms with Crippen molar-refractivity contribution in [2.24, 2.45) is 0 Å². The fourth-order valence-electron chi connectivity index (χ4n) is 2.75. The van der Waals surface area contributed by atoms with E-state index < -0.39 is 0 Å². The largest absolute Gasteiger partial charge is 0.327 e. The highest BCUT2D eigenvalue weighted by Gasteiger charge is 2.11. The molecule has 0 aliphatic carbocycles. The average molecular weight is 283 g/mol. The third-order valence-electron chi connectivity index (χ3n) is 4.14. The molecule has 0 bridgehead atoms. The van der Waals surface area contributed by atoms with Crippen LogP contribution in [0.3, 0.4) is 0 Å². The molecule has 2 radical (unpaired) electrons. The molecule has 21 heavy (non-hydrogen) atoms. The quantitative estimate of drug-likeness (QED) is 0.694. The van der Waals surface area contributed by atoms with Crippen LogP contribution in [0.5, 0.6) is 0 Å². The van der Waals surface area contributed by atoms with E-state index in [0.29, 0.717) is 0 Å². The SMILES string of the molecule is [B]c1ccc2c(c1)nc(CCCC)n2CCN(CC)CC. The van der Waals surface area contributed by atoms with Crippen molar-refractivity contribution in [3.8, 4) is 0 Å². The van der Waals surface area contributed by atoms with E-state index in [9.17, 15) is 0 Å². The van der Waals surface area contributed by atoms with Crippen molar-refractivity contribution < 1.29 is 0 Å². The smallest absolute Gasteiger partial charge is 0.113 e. The molecule has 1 heterocycles. The third kappa shape index (κ3) is 3.88. The molecule has 0 amide bonds. The number of likely N-dealkylation sites (N-methyl/N-ethyl adjacent to an activating group) is 1. The summed E-state index contributed by atoms with van der Waals surface area (Å²) < 4.78 is 2.38. The first-order valence-electron chi connectivity index (χ1n) is 8.16. The van der Waals surface area contributed by atoms with Gasteiger partial charge in [-0.25, -0.2) is 4.98 Å². The van der Waals surface area contributed by atoms with Crippen molar-refractivity contribution in [2.75, 3.05) is 19.6 Å². The standard InChI is InChI=1S/C17H26BN3/c1-4-7-8-17-19-15-13-14(18)9-10-16(15)21(17)12-11-20(5-2)6-3/h9-10,13H,4-8,11-12H2,1-3H3. The molecule has 1 aromatic heterocycles. The van der Waals surface area contributed by atoms with Gasteiger partial charge in [0.1, 0.15) is 13.7 Å². The molecule has 3 nitrogen and oxygen atoms in total. The predicted octanol–water partition coefficient (Wildman–Crippen LogP) is 2.51. The van der Waals surface area contributed by atoms with Gasteiger partial charge in [0, 0.05) is 19.5 Å². The van der Waals surface area contributed by atoms with Crippen molar-refractivity contribution in [2.45, 2.75) is 46.6 Å². The lowest BCUT2D eigenvalue weighted by Gasteiger charge is -2.19. The summed E-state index contributed by atoms with van der Waals surface area (Å²) in [6.07, 6.45) is 3.43. The van der Waals surface area contributed by atoms with Crippen LogP contribution in [0.25, 0.3) is 11.0 Å². The number of hydrogen-bond acceptors (Lipinski definition) is 2. The molecule has 0 spiro atoms. The first-order chi connectivity index (χ1) is 10.2. The molecule has 0 aliphatic heterocycles. The van der Waals surface area contributed by atoms with Crippen LogP contribution in [-0.4, -0.2) is 41.9 Å². The maximum Gasteiger partial charge on any atom is 0.113 e. The van der Waals surface area contributed by atoms with Crippen molar-refractivity contribution in [3.05, 3.63) is 24.0 Å². The van der Waals surface area contributed by atoms with E-state index in [1.165, 1.54) is 24.2 Å². The Balaban J connectivity index is 2.28. The summed E-state index contributed by atoms with van der Waals surface area (Å²) in [5, 5.41) is 0. The van der Waals surface area contributed by atoms with Gasteiger partial charge in [0.25, 0.3) is 0 Å². The second-order valence-corrected chi connectivity index (χ2v) is 5.56. The minimum atomic E-state index is 0.790. The van der Waals surface area contributed by atoms with Gasteiger partial charge in [0.15, 0.2) is 0 Å². The van der Waals surface area contributed by atoms with E-state index in [1.54, 1.807) is 0 Å². The van der Waals surface area contributed by atoms with E-state index in [2.05, 4.69) is 36.3 Å². The van der Waals surface area contributed by atoms with Gasteiger partial charge in [-0.2, -0.15) is 0 Å². The molecular formula is C17H26BN3. The minimum absolute atomic E-state index is 0.790. The van der Waals surface area contributed by atoms with Crippen molar-refractivity contribution >= 4 is 24.3 Å². The Morgan fingerprint density at radius 2 is 1.95 bits per heavy atom. The lowest BCUT2D eigenvalue weighted by atomic mass is 9.96. The van der Waals surface area contributed by atoms with Crippen molar-refractivity contribution in [1.82, 2.24) is 14.5 Å². The molecular weight excluding hydrogens is 257 g/mol. The monoisotopic (exact) mass is 283 g/mol. The molecule has 0 N–H and O–H groups in total. The Hall–Kier alpha value is -1.29. The van der Waals surface area contributed by atoms with E-state index in [-0.39, 0.29) is 0 Å². The Bertz CT molecular complexity index is 573. The number of benzene rings is 1. The van der Waals surface area contributed by atoms with Crippen molar-refractivity contribution in [1.29, 1.82) is 0 Å². The van der Waals surface area contributed by atoms with Gasteiger partial charge < -0.3 is 9.47 Å². The Kier molecular flexibility index (Phi) is 5.86. The summed E-state index contributed by atoms with van der Waals surface area (Å²) in [5.41, 5.74) is 3.03. The second-order valence-electron chi connectivity index (χ2n) is 5.56. The zero-order valence-corrected chi connectivity index (χ0v) is 13.6. The van der Waals surface area contributed by atoms with E-state index >= 15 is 0 Å². The predicted molar refractivity (Wildman–Crippen MR) is 91.5 cm³/mol. The number of fused-ring (bicyclic) bond motifs is 1. The summed E-state index contributed by atoms with van der Waals surface area (Å²) >= 11 is 0. The zero-order valence-electron chi connectivity index (χ0n) is 13.6. The molecule has 2 aromatic rings. The molecule has 1 aromatic carbocycles. The lowest BCUT2D eigenvalue weighted by molar-refractivity contribution is 0.290.